The zero-order valence-corrected chi connectivity index (χ0v) is 40.2. The van der Waals surface area contributed by atoms with E-state index in [0.717, 1.165) is 70.6 Å². The molecular formula is C52H82NO9P. The van der Waals surface area contributed by atoms with Crippen molar-refractivity contribution < 1.29 is 47.2 Å². The number of aliphatic hydroxyl groups is 1. The molecule has 0 aliphatic heterocycles. The molecule has 1 N–H and O–H groups in total. The number of phosphoric acid groups is 1. The Labute approximate surface area is 382 Å². The first-order chi connectivity index (χ1) is 30.4. The fourth-order valence-electron chi connectivity index (χ4n) is 5.20. The lowest BCUT2D eigenvalue weighted by Crippen LogP contribution is -2.37. The van der Waals surface area contributed by atoms with Gasteiger partial charge in [0.15, 0.2) is 6.10 Å². The van der Waals surface area contributed by atoms with Crippen molar-refractivity contribution in [2.45, 2.75) is 135 Å². The molecule has 0 aliphatic carbocycles. The summed E-state index contributed by atoms with van der Waals surface area (Å²) in [6.07, 6.45) is 56.8. The lowest BCUT2D eigenvalue weighted by Gasteiger charge is -2.28. The highest BCUT2D eigenvalue weighted by Crippen LogP contribution is 2.38. The van der Waals surface area contributed by atoms with Crippen LogP contribution >= 0.6 is 7.82 Å². The number of hydrogen-bond acceptors (Lipinski definition) is 9. The quantitative estimate of drug-likeness (QED) is 0.0160. The van der Waals surface area contributed by atoms with Gasteiger partial charge in [0.1, 0.15) is 19.8 Å². The van der Waals surface area contributed by atoms with Gasteiger partial charge in [-0.25, -0.2) is 0 Å². The summed E-state index contributed by atoms with van der Waals surface area (Å²) in [5.41, 5.74) is 0. The van der Waals surface area contributed by atoms with Crippen LogP contribution in [0, 0.1) is 0 Å². The van der Waals surface area contributed by atoms with Crippen molar-refractivity contribution in [2.24, 2.45) is 0 Å². The average molecular weight is 896 g/mol. The number of carbonyl (C=O) groups excluding carboxylic acids is 2. The maximum Gasteiger partial charge on any atom is 0.306 e. The van der Waals surface area contributed by atoms with E-state index in [-0.39, 0.29) is 26.1 Å². The second-order valence-electron chi connectivity index (χ2n) is 15.8. The Morgan fingerprint density at radius 2 is 1.10 bits per heavy atom. The Morgan fingerprint density at radius 1 is 0.587 bits per heavy atom. The lowest BCUT2D eigenvalue weighted by molar-refractivity contribution is -0.870. The molecule has 0 amide bonds. The smallest absolute Gasteiger partial charge is 0.306 e. The highest BCUT2D eigenvalue weighted by atomic mass is 31.2. The highest BCUT2D eigenvalue weighted by Gasteiger charge is 2.21. The Balaban J connectivity index is 4.59. The molecule has 3 atom stereocenters. The molecule has 0 heterocycles. The van der Waals surface area contributed by atoms with E-state index in [1.54, 1.807) is 6.08 Å². The van der Waals surface area contributed by atoms with Gasteiger partial charge >= 0.3 is 11.9 Å². The molecule has 10 nitrogen and oxygen atoms in total. The van der Waals surface area contributed by atoms with Crippen LogP contribution in [-0.4, -0.2) is 81.2 Å². The first-order valence-corrected chi connectivity index (χ1v) is 24.5. The Kier molecular flexibility index (Phi) is 39.5. The van der Waals surface area contributed by atoms with Gasteiger partial charge < -0.3 is 33.0 Å². The summed E-state index contributed by atoms with van der Waals surface area (Å²) >= 11 is 0. The van der Waals surface area contributed by atoms with Crippen LogP contribution in [-0.2, 0) is 32.7 Å². The number of likely N-dealkylation sites (N-methyl/N-ethyl adjacent to an activating group) is 1. The van der Waals surface area contributed by atoms with Crippen LogP contribution in [0.15, 0.2) is 134 Å². The normalized spacial score (nSPS) is 15.2. The minimum absolute atomic E-state index is 0.0659. The number of hydrogen-bond donors (Lipinski definition) is 1. The molecule has 0 rings (SSSR count). The van der Waals surface area contributed by atoms with Gasteiger partial charge in [0.2, 0.25) is 0 Å². The molecule has 0 saturated carbocycles. The van der Waals surface area contributed by atoms with Gasteiger partial charge in [-0.3, -0.25) is 14.2 Å². The third-order valence-corrected chi connectivity index (χ3v) is 9.72. The first-order valence-electron chi connectivity index (χ1n) is 23.0. The number of carbonyl (C=O) groups is 2. The van der Waals surface area contributed by atoms with Crippen molar-refractivity contribution in [1.29, 1.82) is 0 Å². The molecule has 0 aromatic rings. The molecule has 0 radical (unpaired) electrons. The van der Waals surface area contributed by atoms with E-state index in [1.807, 2.05) is 69.8 Å². The van der Waals surface area contributed by atoms with E-state index in [9.17, 15) is 24.2 Å². The number of phosphoric ester groups is 1. The predicted octanol–water partition coefficient (Wildman–Crippen LogP) is 11.8. The zero-order valence-electron chi connectivity index (χ0n) is 39.3. The van der Waals surface area contributed by atoms with Crippen LogP contribution in [0.1, 0.15) is 123 Å². The van der Waals surface area contributed by atoms with Crippen LogP contribution in [0.3, 0.4) is 0 Å². The summed E-state index contributed by atoms with van der Waals surface area (Å²) in [5.74, 6) is -1.01. The molecule has 0 aromatic carbocycles. The van der Waals surface area contributed by atoms with Gasteiger partial charge in [-0.1, -0.05) is 154 Å². The minimum atomic E-state index is -4.68. The number of aliphatic hydroxyl groups excluding tert-OH is 1. The SMILES string of the molecule is CC/C=C\C/C=C\C/C=C\C/C=C\C/C=C\CCCCCC(=O)OC[C@H](COP(=O)([O-])OCC[N+](C)(C)C)OC(=O)CC/C=C\C/C=C\C/C=C\C/C=C/C=C/C(O)C/C=C\CC. The van der Waals surface area contributed by atoms with Gasteiger partial charge in [-0.15, -0.1) is 0 Å². The van der Waals surface area contributed by atoms with Crippen molar-refractivity contribution in [2.75, 3.05) is 47.5 Å². The number of rotatable bonds is 39. The molecule has 0 aromatic heterocycles. The van der Waals surface area contributed by atoms with Gasteiger partial charge in [0.25, 0.3) is 7.82 Å². The summed E-state index contributed by atoms with van der Waals surface area (Å²) in [6.45, 7) is 3.73. The second-order valence-corrected chi connectivity index (χ2v) is 17.3. The molecule has 2 unspecified atom stereocenters. The molecule has 11 heteroatoms. The molecule has 354 valence electrons. The van der Waals surface area contributed by atoms with Gasteiger partial charge in [0.05, 0.1) is 33.9 Å². The van der Waals surface area contributed by atoms with Crippen molar-refractivity contribution in [3.8, 4) is 0 Å². The van der Waals surface area contributed by atoms with Crippen LogP contribution < -0.4 is 4.89 Å². The van der Waals surface area contributed by atoms with Crippen molar-refractivity contribution in [3.05, 3.63) is 134 Å². The number of esters is 2. The predicted molar refractivity (Wildman–Crippen MR) is 260 cm³/mol. The maximum atomic E-state index is 12.7. The summed E-state index contributed by atoms with van der Waals surface area (Å²) in [5, 5.41) is 9.85. The molecule has 0 saturated heterocycles. The first kappa shape index (κ1) is 59.1. The third-order valence-electron chi connectivity index (χ3n) is 8.76. The van der Waals surface area contributed by atoms with E-state index >= 15 is 0 Å². The van der Waals surface area contributed by atoms with Crippen LogP contribution in [0.2, 0.25) is 0 Å². The number of quaternary nitrogens is 1. The van der Waals surface area contributed by atoms with Crippen LogP contribution in [0.5, 0.6) is 0 Å². The van der Waals surface area contributed by atoms with Gasteiger partial charge in [0, 0.05) is 12.8 Å². The van der Waals surface area contributed by atoms with Crippen LogP contribution in [0.25, 0.3) is 0 Å². The summed E-state index contributed by atoms with van der Waals surface area (Å²) in [4.78, 5) is 37.6. The van der Waals surface area contributed by atoms with Crippen molar-refractivity contribution in [1.82, 2.24) is 0 Å². The second kappa shape index (κ2) is 42.1. The molecule has 0 spiro atoms. The fraction of sp³-hybridized carbons (Fsp3) is 0.538. The minimum Gasteiger partial charge on any atom is -0.756 e. The van der Waals surface area contributed by atoms with Crippen molar-refractivity contribution >= 4 is 19.8 Å². The number of ether oxygens (including phenoxy) is 2. The Morgan fingerprint density at radius 3 is 1.65 bits per heavy atom. The topological polar surface area (TPSA) is 131 Å². The monoisotopic (exact) mass is 896 g/mol. The number of allylic oxidation sites excluding steroid dienone is 20. The Bertz CT molecular complexity index is 1540. The van der Waals surface area contributed by atoms with Gasteiger partial charge in [-0.05, 0) is 89.9 Å². The molecular weight excluding hydrogens is 814 g/mol. The summed E-state index contributed by atoms with van der Waals surface area (Å²) in [6, 6.07) is 0. The standard InChI is InChI=1S/C52H82NO9P/c1-6-8-10-11-12-13-14-15-16-17-18-19-20-23-26-29-32-35-39-43-51(55)59-47-50(48-61-63(57,58)60-46-45-53(3,4)5)62-52(56)44-40-36-33-30-27-24-21-22-25-28-31-34-38-42-49(54)41-37-9-7-2/h8-10,12-13,15-16,18-19,22-27,31,33-34,36-38,42,49-50,54H,6-7,11,14,17,20-21,28-30,32,35,39-41,43-48H2,1-5H3/b10-8-,13-12-,16-15-,19-18-,25-22-,26-23-,27-24-,34-31+,36-33-,37-9-,42-38+/t49?,50-/m1/s1. The summed E-state index contributed by atoms with van der Waals surface area (Å²) < 4.78 is 33.8. The zero-order chi connectivity index (χ0) is 46.5. The maximum absolute atomic E-state index is 12.7. The summed E-state index contributed by atoms with van der Waals surface area (Å²) in [7, 11) is 1.05. The fourth-order valence-corrected chi connectivity index (χ4v) is 5.93. The molecule has 0 fully saturated rings. The Hall–Kier alpha value is -3.89. The number of nitrogens with zero attached hydrogens (tertiary/aromatic N) is 1. The molecule has 0 bridgehead atoms. The van der Waals surface area contributed by atoms with E-state index in [1.165, 1.54) is 0 Å². The highest BCUT2D eigenvalue weighted by molar-refractivity contribution is 7.45. The molecule has 63 heavy (non-hydrogen) atoms. The van der Waals surface area contributed by atoms with E-state index in [0.29, 0.717) is 36.7 Å². The lowest BCUT2D eigenvalue weighted by atomic mass is 10.1. The van der Waals surface area contributed by atoms with E-state index < -0.39 is 38.6 Å². The largest absolute Gasteiger partial charge is 0.756 e. The van der Waals surface area contributed by atoms with E-state index in [2.05, 4.69) is 92.8 Å². The van der Waals surface area contributed by atoms with Gasteiger partial charge in [-0.2, -0.15) is 0 Å². The molecule has 0 aliphatic rings. The number of unbranched alkanes of at least 4 members (excludes halogenated alkanes) is 3. The van der Waals surface area contributed by atoms with E-state index in [4.69, 9.17) is 18.5 Å². The third kappa shape index (κ3) is 45.9. The van der Waals surface area contributed by atoms with Crippen molar-refractivity contribution in [3.63, 3.8) is 0 Å². The van der Waals surface area contributed by atoms with Crippen LogP contribution in [0.4, 0.5) is 0 Å². The average Bonchev–Trinajstić information content (AvgIpc) is 3.23.